The van der Waals surface area contributed by atoms with E-state index in [0.29, 0.717) is 67.9 Å². The van der Waals surface area contributed by atoms with Gasteiger partial charge in [-0.05, 0) is 94.2 Å². The first kappa shape index (κ1) is 38.5. The molecule has 52 heavy (non-hydrogen) atoms. The summed E-state index contributed by atoms with van der Waals surface area (Å²) in [6.45, 7) is 12.3. The van der Waals surface area contributed by atoms with Crippen LogP contribution in [0.2, 0.25) is 0 Å². The second kappa shape index (κ2) is 16.8. The van der Waals surface area contributed by atoms with Gasteiger partial charge in [-0.15, -0.1) is 13.2 Å². The number of carbonyl (C=O) groups excluding carboxylic acids is 1. The number of halogens is 3. The molecule has 1 amide bonds. The summed E-state index contributed by atoms with van der Waals surface area (Å²) in [6.07, 6.45) is -3.42. The number of benzene rings is 3. The third-order valence-corrected chi connectivity index (χ3v) is 8.60. The van der Waals surface area contributed by atoms with Crippen LogP contribution in [0.3, 0.4) is 0 Å². The van der Waals surface area contributed by atoms with Crippen molar-refractivity contribution in [3.8, 4) is 22.8 Å². The number of nitrogens with one attached hydrogen (secondary N) is 2. The molecule has 1 fully saturated rings. The summed E-state index contributed by atoms with van der Waals surface area (Å²) < 4.78 is 70.6. The third kappa shape index (κ3) is 10.7. The van der Waals surface area contributed by atoms with Gasteiger partial charge in [0.1, 0.15) is 30.3 Å². The molecule has 5 rings (SSSR count). The van der Waals surface area contributed by atoms with Crippen LogP contribution in [0.15, 0.2) is 79.1 Å². The molecule has 15 heteroatoms. The lowest BCUT2D eigenvalue weighted by Crippen LogP contribution is -2.41. The molecule has 0 radical (unpaired) electrons. The highest BCUT2D eigenvalue weighted by Gasteiger charge is 2.52. The summed E-state index contributed by atoms with van der Waals surface area (Å²) in [7, 11) is -0.423. The van der Waals surface area contributed by atoms with Crippen LogP contribution >= 0.6 is 0 Å². The van der Waals surface area contributed by atoms with E-state index in [-0.39, 0.29) is 11.7 Å². The van der Waals surface area contributed by atoms with Gasteiger partial charge in [-0.1, -0.05) is 18.2 Å². The van der Waals surface area contributed by atoms with Gasteiger partial charge in [-0.25, -0.2) is 9.97 Å². The van der Waals surface area contributed by atoms with E-state index in [4.69, 9.17) is 23.5 Å². The van der Waals surface area contributed by atoms with E-state index in [1.54, 1.807) is 30.3 Å². The minimum Gasteiger partial charge on any atom is -0.491 e. The molecular weight excluding hydrogens is 680 g/mol. The van der Waals surface area contributed by atoms with Gasteiger partial charge in [-0.2, -0.15) is 0 Å². The summed E-state index contributed by atoms with van der Waals surface area (Å²) in [4.78, 5) is 21.3. The first-order chi connectivity index (χ1) is 24.7. The van der Waals surface area contributed by atoms with Crippen LogP contribution in [-0.4, -0.2) is 80.1 Å². The van der Waals surface area contributed by atoms with E-state index in [1.165, 1.54) is 30.6 Å². The maximum Gasteiger partial charge on any atom is 0.573 e. The van der Waals surface area contributed by atoms with Gasteiger partial charge < -0.3 is 38.9 Å². The van der Waals surface area contributed by atoms with E-state index in [0.717, 1.165) is 16.8 Å². The molecule has 11 nitrogen and oxygen atoms in total. The maximum atomic E-state index is 12.8. The molecule has 2 heterocycles. The summed E-state index contributed by atoms with van der Waals surface area (Å²) in [5.74, 6) is 0.552. The Morgan fingerprint density at radius 2 is 1.50 bits per heavy atom. The highest BCUT2D eigenvalue weighted by Crippen LogP contribution is 2.37. The number of aryl methyl sites for hydroxylation is 1. The smallest absolute Gasteiger partial charge is 0.491 e. The Balaban J connectivity index is 0.970. The number of hydrogen-bond acceptors (Lipinski definition) is 10. The van der Waals surface area contributed by atoms with Gasteiger partial charge >= 0.3 is 13.5 Å². The van der Waals surface area contributed by atoms with Crippen LogP contribution in [0.25, 0.3) is 11.3 Å². The second-order valence-corrected chi connectivity index (χ2v) is 13.0. The Hall–Kier alpha value is -4.70. The van der Waals surface area contributed by atoms with E-state index in [9.17, 15) is 18.0 Å². The number of amides is 1. The predicted molar refractivity (Wildman–Crippen MR) is 190 cm³/mol. The van der Waals surface area contributed by atoms with Gasteiger partial charge in [0.2, 0.25) is 0 Å². The fourth-order valence-corrected chi connectivity index (χ4v) is 5.14. The Kier molecular flexibility index (Phi) is 12.4. The fourth-order valence-electron chi connectivity index (χ4n) is 5.14. The first-order valence-electron chi connectivity index (χ1n) is 16.8. The molecule has 0 spiro atoms. The number of aromatic nitrogens is 2. The summed E-state index contributed by atoms with van der Waals surface area (Å²) >= 11 is 0. The van der Waals surface area contributed by atoms with Crippen molar-refractivity contribution in [1.82, 2.24) is 15.3 Å². The molecule has 3 aromatic carbocycles. The van der Waals surface area contributed by atoms with Crippen LogP contribution in [0.5, 0.6) is 11.5 Å². The van der Waals surface area contributed by atoms with Gasteiger partial charge in [0, 0.05) is 29.4 Å². The van der Waals surface area contributed by atoms with Gasteiger partial charge in [0.05, 0.1) is 43.3 Å². The van der Waals surface area contributed by atoms with Crippen LogP contribution in [0, 0.1) is 6.92 Å². The van der Waals surface area contributed by atoms with Crippen molar-refractivity contribution in [2.75, 3.05) is 44.9 Å². The van der Waals surface area contributed by atoms with Crippen molar-refractivity contribution in [1.29, 1.82) is 0 Å². The molecule has 2 N–H and O–H groups in total. The van der Waals surface area contributed by atoms with Crippen molar-refractivity contribution < 1.29 is 46.2 Å². The zero-order valence-electron chi connectivity index (χ0n) is 29.7. The average Bonchev–Trinajstić information content (AvgIpc) is 3.31. The van der Waals surface area contributed by atoms with Crippen LogP contribution in [0.4, 0.5) is 24.7 Å². The summed E-state index contributed by atoms with van der Waals surface area (Å²) in [5.41, 5.74) is 3.36. The van der Waals surface area contributed by atoms with E-state index < -0.39 is 24.7 Å². The topological polar surface area (TPSA) is 122 Å². The Labute approximate surface area is 301 Å². The van der Waals surface area contributed by atoms with Crippen molar-refractivity contribution in [3.05, 3.63) is 90.3 Å². The highest BCUT2D eigenvalue weighted by atomic mass is 19.4. The van der Waals surface area contributed by atoms with Crippen molar-refractivity contribution in [2.45, 2.75) is 52.2 Å². The molecule has 276 valence electrons. The fraction of sp³-hybridized carbons (Fsp3) is 0.378. The number of alkyl halides is 3. The summed E-state index contributed by atoms with van der Waals surface area (Å²) in [5, 5.41) is 5.86. The van der Waals surface area contributed by atoms with Gasteiger partial charge in [0.15, 0.2) is 0 Å². The molecule has 1 aromatic heterocycles. The van der Waals surface area contributed by atoms with E-state index >= 15 is 0 Å². The molecule has 0 unspecified atom stereocenters. The molecule has 1 saturated heterocycles. The van der Waals surface area contributed by atoms with E-state index in [2.05, 4.69) is 25.3 Å². The largest absolute Gasteiger partial charge is 0.573 e. The average molecular weight is 723 g/mol. The lowest BCUT2D eigenvalue weighted by Gasteiger charge is -2.32. The Bertz CT molecular complexity index is 1790. The second-order valence-electron chi connectivity index (χ2n) is 13.0. The number of carbonyl (C=O) groups is 1. The molecule has 0 bridgehead atoms. The monoisotopic (exact) mass is 722 g/mol. The summed E-state index contributed by atoms with van der Waals surface area (Å²) in [6, 6.07) is 19.7. The van der Waals surface area contributed by atoms with Crippen molar-refractivity contribution in [3.63, 3.8) is 0 Å². The standard InChI is InChI=1S/C37H42BF3N4O7/c1-25-21-30(13-14-31(25)38-51-35(2,3)36(4,5)52-38)49-20-19-48-18-17-47-16-15-42-34(46)27-8-6-7-26(22-27)32-23-33(44-24-43-32)45-28-9-11-29(12-10-28)50-37(39,40)41/h6-14,21-24H,15-20H2,1-5H3,(H,42,46)(H,43,44,45). The quantitative estimate of drug-likeness (QED) is 0.102. The molecule has 0 aliphatic carbocycles. The number of rotatable bonds is 16. The number of hydrogen-bond donors (Lipinski definition) is 2. The zero-order valence-corrected chi connectivity index (χ0v) is 29.7. The zero-order chi connectivity index (χ0) is 37.4. The highest BCUT2D eigenvalue weighted by molar-refractivity contribution is 6.62. The third-order valence-electron chi connectivity index (χ3n) is 8.60. The minimum atomic E-state index is -4.77. The SMILES string of the molecule is Cc1cc(OCCOCCOCCNC(=O)c2cccc(-c3cc(Nc4ccc(OC(F)(F)F)cc4)ncn3)c2)ccc1B1OC(C)(C)C(C)(C)O1. The van der Waals surface area contributed by atoms with E-state index in [1.807, 2.05) is 52.8 Å². The molecule has 1 aliphatic heterocycles. The van der Waals surface area contributed by atoms with Crippen LogP contribution in [-0.2, 0) is 18.8 Å². The molecule has 4 aromatic rings. The number of nitrogens with zero attached hydrogens (tertiary/aromatic N) is 2. The molecule has 0 saturated carbocycles. The Morgan fingerprint density at radius 1 is 0.827 bits per heavy atom. The lowest BCUT2D eigenvalue weighted by atomic mass is 9.76. The Morgan fingerprint density at radius 3 is 2.19 bits per heavy atom. The molecule has 0 atom stereocenters. The lowest BCUT2D eigenvalue weighted by molar-refractivity contribution is -0.274. The van der Waals surface area contributed by atoms with Crippen molar-refractivity contribution >= 4 is 30.0 Å². The van der Waals surface area contributed by atoms with Crippen molar-refractivity contribution in [2.24, 2.45) is 0 Å². The van der Waals surface area contributed by atoms with Gasteiger partial charge in [-0.3, -0.25) is 4.79 Å². The minimum absolute atomic E-state index is 0.272. The van der Waals surface area contributed by atoms with Gasteiger partial charge in [0.25, 0.3) is 5.91 Å². The van der Waals surface area contributed by atoms with Crippen LogP contribution in [0.1, 0.15) is 43.6 Å². The maximum absolute atomic E-state index is 12.8. The molecular formula is C37H42BF3N4O7. The van der Waals surface area contributed by atoms with Crippen LogP contribution < -0.4 is 25.6 Å². The predicted octanol–water partition coefficient (Wildman–Crippen LogP) is 6.24. The normalized spacial score (nSPS) is 15.0. The number of anilines is 2. The molecule has 1 aliphatic rings. The first-order valence-corrected chi connectivity index (χ1v) is 16.8. The number of ether oxygens (including phenoxy) is 4.